The average molecular weight is 460 g/mol. The monoisotopic (exact) mass is 459 g/mol. The highest BCUT2D eigenvalue weighted by molar-refractivity contribution is 6.00. The molecule has 1 aliphatic rings. The topological polar surface area (TPSA) is 84.9 Å². The van der Waals surface area contributed by atoms with Crippen molar-refractivity contribution in [2.75, 3.05) is 5.32 Å². The van der Waals surface area contributed by atoms with Gasteiger partial charge in [0, 0.05) is 0 Å². The van der Waals surface area contributed by atoms with Crippen molar-refractivity contribution in [3.8, 4) is 17.2 Å². The molecule has 0 heterocycles. The molecule has 0 radical (unpaired) electrons. The normalized spacial score (nSPS) is 17.6. The van der Waals surface area contributed by atoms with Gasteiger partial charge in [-0.05, 0) is 79.3 Å². The number of carboxylic acids is 1. The third kappa shape index (κ3) is 6.16. The van der Waals surface area contributed by atoms with Crippen LogP contribution >= 0.6 is 0 Å². The van der Waals surface area contributed by atoms with E-state index in [2.05, 4.69) is 12.2 Å². The first kappa shape index (κ1) is 23.4. The summed E-state index contributed by atoms with van der Waals surface area (Å²) in [6.45, 7) is 2.25. The van der Waals surface area contributed by atoms with Crippen LogP contribution in [0.3, 0.4) is 0 Å². The second-order valence-corrected chi connectivity index (χ2v) is 8.71. The molecule has 1 fully saturated rings. The number of benzene rings is 3. The van der Waals surface area contributed by atoms with Crippen molar-refractivity contribution in [2.45, 2.75) is 45.1 Å². The van der Waals surface area contributed by atoms with Crippen LogP contribution in [-0.4, -0.2) is 23.1 Å². The molecule has 1 saturated carbocycles. The molecule has 2 atom stereocenters. The van der Waals surface area contributed by atoms with Crippen molar-refractivity contribution < 1.29 is 24.2 Å². The molecule has 0 aliphatic heterocycles. The Morgan fingerprint density at radius 2 is 1.50 bits per heavy atom. The fourth-order valence-corrected chi connectivity index (χ4v) is 4.19. The fraction of sp³-hybridized carbons (Fsp3) is 0.286. The van der Waals surface area contributed by atoms with Crippen LogP contribution in [0.5, 0.6) is 17.2 Å². The molecule has 0 aromatic heterocycles. The zero-order valence-electron chi connectivity index (χ0n) is 19.2. The standard InChI is InChI=1S/C28H29NO5/c1-19-6-2-5-9-26(19)34-23-16-14-22(15-17-23)33-21-12-10-20(11-13-21)18-27(30)29-25-8-4-3-7-24(25)28(31)32/h3-4,7-8,10-17,19,26H,2,5-6,9,18H2,1H3,(H,29,30)(H,31,32). The molecule has 1 amide bonds. The van der Waals surface area contributed by atoms with E-state index in [0.717, 1.165) is 17.7 Å². The number of carbonyl (C=O) groups excluding carboxylic acids is 1. The molecule has 6 heteroatoms. The van der Waals surface area contributed by atoms with E-state index in [1.807, 2.05) is 48.5 Å². The van der Waals surface area contributed by atoms with Gasteiger partial charge in [0.25, 0.3) is 0 Å². The molecule has 0 spiro atoms. The highest BCUT2D eigenvalue weighted by Gasteiger charge is 2.22. The Balaban J connectivity index is 1.30. The van der Waals surface area contributed by atoms with E-state index in [4.69, 9.17) is 9.47 Å². The average Bonchev–Trinajstić information content (AvgIpc) is 2.83. The third-order valence-corrected chi connectivity index (χ3v) is 6.10. The maximum absolute atomic E-state index is 12.4. The molecular formula is C28H29NO5. The molecule has 0 saturated heterocycles. The maximum Gasteiger partial charge on any atom is 0.337 e. The molecule has 3 aromatic rings. The van der Waals surface area contributed by atoms with Crippen molar-refractivity contribution in [3.63, 3.8) is 0 Å². The van der Waals surface area contributed by atoms with Crippen LogP contribution < -0.4 is 14.8 Å². The van der Waals surface area contributed by atoms with E-state index >= 15 is 0 Å². The van der Waals surface area contributed by atoms with E-state index in [-0.39, 0.29) is 29.7 Å². The number of amides is 1. The van der Waals surface area contributed by atoms with E-state index in [9.17, 15) is 14.7 Å². The number of hydrogen-bond acceptors (Lipinski definition) is 4. The minimum absolute atomic E-state index is 0.0595. The lowest BCUT2D eigenvalue weighted by Crippen LogP contribution is -2.28. The number of carboxylic acid groups (broad SMARTS) is 1. The van der Waals surface area contributed by atoms with Gasteiger partial charge in [0.1, 0.15) is 23.4 Å². The lowest BCUT2D eigenvalue weighted by Gasteiger charge is -2.29. The van der Waals surface area contributed by atoms with Gasteiger partial charge in [-0.2, -0.15) is 0 Å². The number of rotatable bonds is 8. The second-order valence-electron chi connectivity index (χ2n) is 8.71. The number of carbonyl (C=O) groups is 2. The minimum atomic E-state index is -1.08. The van der Waals surface area contributed by atoms with Crippen molar-refractivity contribution in [3.05, 3.63) is 83.9 Å². The molecule has 2 N–H and O–H groups in total. The van der Waals surface area contributed by atoms with Gasteiger partial charge >= 0.3 is 5.97 Å². The summed E-state index contributed by atoms with van der Waals surface area (Å²) >= 11 is 0. The molecular weight excluding hydrogens is 430 g/mol. The van der Waals surface area contributed by atoms with Crippen LogP contribution in [0.15, 0.2) is 72.8 Å². The van der Waals surface area contributed by atoms with Crippen molar-refractivity contribution in [1.29, 1.82) is 0 Å². The molecule has 1 aliphatic carbocycles. The Labute approximate surface area is 199 Å². The molecule has 34 heavy (non-hydrogen) atoms. The lowest BCUT2D eigenvalue weighted by atomic mass is 9.88. The Hall–Kier alpha value is -3.80. The van der Waals surface area contributed by atoms with Crippen molar-refractivity contribution in [1.82, 2.24) is 0 Å². The predicted octanol–water partition coefficient (Wildman–Crippen LogP) is 6.32. The highest BCUT2D eigenvalue weighted by Crippen LogP contribution is 2.30. The molecule has 2 unspecified atom stereocenters. The van der Waals surface area contributed by atoms with Crippen LogP contribution in [0.2, 0.25) is 0 Å². The van der Waals surface area contributed by atoms with Gasteiger partial charge in [-0.25, -0.2) is 4.79 Å². The summed E-state index contributed by atoms with van der Waals surface area (Å²) in [5, 5.41) is 11.9. The molecule has 0 bridgehead atoms. The van der Waals surface area contributed by atoms with Crippen LogP contribution in [-0.2, 0) is 11.2 Å². The van der Waals surface area contributed by atoms with Crippen LogP contribution in [0.1, 0.15) is 48.5 Å². The van der Waals surface area contributed by atoms with E-state index in [0.29, 0.717) is 17.4 Å². The molecule has 6 nitrogen and oxygen atoms in total. The largest absolute Gasteiger partial charge is 0.490 e. The van der Waals surface area contributed by atoms with Crippen LogP contribution in [0.4, 0.5) is 5.69 Å². The van der Waals surface area contributed by atoms with Gasteiger partial charge in [-0.1, -0.05) is 37.6 Å². The molecule has 3 aromatic carbocycles. The van der Waals surface area contributed by atoms with Gasteiger partial charge in [0.15, 0.2) is 0 Å². The second kappa shape index (κ2) is 10.9. The quantitative estimate of drug-likeness (QED) is 0.412. The van der Waals surface area contributed by atoms with E-state index < -0.39 is 5.97 Å². The predicted molar refractivity (Wildman–Crippen MR) is 131 cm³/mol. The van der Waals surface area contributed by atoms with Crippen molar-refractivity contribution >= 4 is 17.6 Å². The number of ether oxygens (including phenoxy) is 2. The fourth-order valence-electron chi connectivity index (χ4n) is 4.19. The van der Waals surface area contributed by atoms with Crippen LogP contribution in [0.25, 0.3) is 0 Å². The van der Waals surface area contributed by atoms with E-state index in [1.165, 1.54) is 25.3 Å². The third-order valence-electron chi connectivity index (χ3n) is 6.10. The lowest BCUT2D eigenvalue weighted by molar-refractivity contribution is -0.115. The number of aromatic carboxylic acids is 1. The van der Waals surface area contributed by atoms with Gasteiger partial charge in [0.2, 0.25) is 5.91 Å². The zero-order valence-corrected chi connectivity index (χ0v) is 19.2. The van der Waals surface area contributed by atoms with Gasteiger partial charge < -0.3 is 19.9 Å². The first-order chi connectivity index (χ1) is 16.5. The zero-order chi connectivity index (χ0) is 23.9. The molecule has 176 valence electrons. The Bertz CT molecular complexity index is 1120. The smallest absolute Gasteiger partial charge is 0.337 e. The minimum Gasteiger partial charge on any atom is -0.490 e. The maximum atomic E-state index is 12.4. The van der Waals surface area contributed by atoms with Gasteiger partial charge in [-0.15, -0.1) is 0 Å². The van der Waals surface area contributed by atoms with Gasteiger partial charge in [-0.3, -0.25) is 4.79 Å². The Kier molecular flexibility index (Phi) is 7.48. The summed E-state index contributed by atoms with van der Waals surface area (Å²) in [7, 11) is 0. The summed E-state index contributed by atoms with van der Waals surface area (Å²) in [5.41, 5.74) is 1.14. The first-order valence-corrected chi connectivity index (χ1v) is 11.6. The summed E-state index contributed by atoms with van der Waals surface area (Å²) in [6.07, 6.45) is 5.25. The number of hydrogen-bond donors (Lipinski definition) is 2. The summed E-state index contributed by atoms with van der Waals surface area (Å²) in [6, 6.07) is 21.2. The van der Waals surface area contributed by atoms with E-state index in [1.54, 1.807) is 18.2 Å². The van der Waals surface area contributed by atoms with Crippen LogP contribution in [0, 0.1) is 5.92 Å². The highest BCUT2D eigenvalue weighted by atomic mass is 16.5. The Morgan fingerprint density at radius 1 is 0.882 bits per heavy atom. The summed E-state index contributed by atoms with van der Waals surface area (Å²) in [5.74, 6) is 1.44. The number of nitrogens with one attached hydrogen (secondary N) is 1. The number of para-hydroxylation sites is 1. The molecule has 4 rings (SSSR count). The van der Waals surface area contributed by atoms with Crippen molar-refractivity contribution in [2.24, 2.45) is 5.92 Å². The number of anilines is 1. The van der Waals surface area contributed by atoms with Gasteiger partial charge in [0.05, 0.1) is 17.7 Å². The summed E-state index contributed by atoms with van der Waals surface area (Å²) in [4.78, 5) is 23.7. The SMILES string of the molecule is CC1CCCCC1Oc1ccc(Oc2ccc(CC(=O)Nc3ccccc3C(=O)O)cc2)cc1. The first-order valence-electron chi connectivity index (χ1n) is 11.6. The Morgan fingerprint density at radius 3 is 2.18 bits per heavy atom. The summed E-state index contributed by atoms with van der Waals surface area (Å²) < 4.78 is 12.1.